The van der Waals surface area contributed by atoms with Gasteiger partial charge in [-0.3, -0.25) is 4.79 Å². The fourth-order valence-electron chi connectivity index (χ4n) is 3.95. The summed E-state index contributed by atoms with van der Waals surface area (Å²) in [7, 11) is -2.35. The second-order valence-electron chi connectivity index (χ2n) is 7.28. The molecule has 0 unspecified atom stereocenters. The molecule has 0 N–H and O–H groups in total. The second-order valence-corrected chi connectivity index (χ2v) is 9.62. The zero-order valence-corrected chi connectivity index (χ0v) is 18.2. The Morgan fingerprint density at radius 3 is 2.60 bits per heavy atom. The van der Waals surface area contributed by atoms with E-state index in [1.165, 1.54) is 17.5 Å². The topological polar surface area (TPSA) is 76.2 Å². The van der Waals surface area contributed by atoms with Crippen LogP contribution in [0.1, 0.15) is 12.8 Å². The van der Waals surface area contributed by atoms with Crippen LogP contribution in [0.15, 0.2) is 47.4 Å². The number of fused-ring (bicyclic) bond motifs is 1. The zero-order chi connectivity index (χ0) is 21.3. The molecule has 2 aliphatic rings. The molecule has 1 saturated heterocycles. The Bertz CT molecular complexity index is 1050. The van der Waals surface area contributed by atoms with Crippen LogP contribution in [0.5, 0.6) is 11.5 Å². The molecule has 0 saturated carbocycles. The maximum Gasteiger partial charge on any atom is 0.246 e. The number of piperidine rings is 1. The largest absolute Gasteiger partial charge is 0.495 e. The molecule has 4 rings (SSSR count). The number of halogens is 1. The Morgan fingerprint density at radius 1 is 1.13 bits per heavy atom. The Hall–Kier alpha value is -2.29. The minimum Gasteiger partial charge on any atom is -0.495 e. The Labute approximate surface area is 181 Å². The van der Waals surface area contributed by atoms with Gasteiger partial charge >= 0.3 is 0 Å². The SMILES string of the molecule is COc1ccc(Cl)cc1S(=O)(=O)N1CCC(C(=O)N2CCOc3ccccc32)CC1. The third-order valence-electron chi connectivity index (χ3n) is 5.54. The summed E-state index contributed by atoms with van der Waals surface area (Å²) in [6.07, 6.45) is 0.918. The van der Waals surface area contributed by atoms with Gasteiger partial charge in [-0.25, -0.2) is 8.42 Å². The molecule has 30 heavy (non-hydrogen) atoms. The number of anilines is 1. The molecule has 9 heteroatoms. The average Bonchev–Trinajstić information content (AvgIpc) is 2.78. The number of benzene rings is 2. The highest BCUT2D eigenvalue weighted by molar-refractivity contribution is 7.89. The molecule has 160 valence electrons. The van der Waals surface area contributed by atoms with Gasteiger partial charge in [0.15, 0.2) is 0 Å². The van der Waals surface area contributed by atoms with Crippen molar-refractivity contribution in [2.75, 3.05) is 38.3 Å². The van der Waals surface area contributed by atoms with E-state index in [4.69, 9.17) is 21.1 Å². The smallest absolute Gasteiger partial charge is 0.246 e. The highest BCUT2D eigenvalue weighted by atomic mass is 35.5. The van der Waals surface area contributed by atoms with Gasteiger partial charge in [0.25, 0.3) is 0 Å². The normalized spacial score (nSPS) is 17.9. The molecule has 0 radical (unpaired) electrons. The molecule has 2 aromatic carbocycles. The number of carbonyl (C=O) groups is 1. The maximum absolute atomic E-state index is 13.2. The number of sulfonamides is 1. The van der Waals surface area contributed by atoms with E-state index >= 15 is 0 Å². The summed E-state index contributed by atoms with van der Waals surface area (Å²) in [5.41, 5.74) is 0.771. The summed E-state index contributed by atoms with van der Waals surface area (Å²) in [5.74, 6) is 0.736. The Balaban J connectivity index is 1.48. The first kappa shape index (κ1) is 21.0. The molecule has 0 spiro atoms. The maximum atomic E-state index is 13.2. The van der Waals surface area contributed by atoms with Gasteiger partial charge in [0, 0.05) is 24.0 Å². The van der Waals surface area contributed by atoms with Gasteiger partial charge in [-0.2, -0.15) is 4.31 Å². The van der Waals surface area contributed by atoms with E-state index in [0.29, 0.717) is 36.8 Å². The van der Waals surface area contributed by atoms with Crippen molar-refractivity contribution in [2.24, 2.45) is 5.92 Å². The fourth-order valence-corrected chi connectivity index (χ4v) is 5.84. The van der Waals surface area contributed by atoms with E-state index < -0.39 is 10.0 Å². The standard InChI is InChI=1S/C21H23ClN2O5S/c1-28-19-7-6-16(22)14-20(19)30(26,27)23-10-8-15(9-11-23)21(25)24-12-13-29-18-5-3-2-4-17(18)24/h2-7,14-15H,8-13H2,1H3. The zero-order valence-electron chi connectivity index (χ0n) is 16.6. The van der Waals surface area contributed by atoms with E-state index in [0.717, 1.165) is 5.69 Å². The number of methoxy groups -OCH3 is 1. The predicted octanol–water partition coefficient (Wildman–Crippen LogP) is 3.17. The summed E-state index contributed by atoms with van der Waals surface area (Å²) < 4.78 is 38.5. The molecule has 0 bridgehead atoms. The van der Waals surface area contributed by atoms with Crippen molar-refractivity contribution in [1.82, 2.24) is 4.31 Å². The molecular weight excluding hydrogens is 428 g/mol. The summed E-state index contributed by atoms with van der Waals surface area (Å²) in [4.78, 5) is 15.0. The minimum absolute atomic E-state index is 0.0168. The Morgan fingerprint density at radius 2 is 1.87 bits per heavy atom. The molecule has 2 aliphatic heterocycles. The van der Waals surface area contributed by atoms with Crippen molar-refractivity contribution in [1.29, 1.82) is 0 Å². The molecule has 1 fully saturated rings. The van der Waals surface area contributed by atoms with Gasteiger partial charge in [0.2, 0.25) is 15.9 Å². The summed E-state index contributed by atoms with van der Waals surface area (Å²) in [6, 6.07) is 12.0. The van der Waals surface area contributed by atoms with Gasteiger partial charge in [-0.15, -0.1) is 0 Å². The van der Waals surface area contributed by atoms with E-state index in [9.17, 15) is 13.2 Å². The third kappa shape index (κ3) is 3.87. The van der Waals surface area contributed by atoms with Crippen molar-refractivity contribution < 1.29 is 22.7 Å². The van der Waals surface area contributed by atoms with E-state index in [1.54, 1.807) is 17.0 Å². The van der Waals surface area contributed by atoms with Crippen molar-refractivity contribution in [3.05, 3.63) is 47.5 Å². The predicted molar refractivity (Wildman–Crippen MR) is 114 cm³/mol. The van der Waals surface area contributed by atoms with Crippen LogP contribution in [0, 0.1) is 5.92 Å². The number of nitrogens with zero attached hydrogens (tertiary/aromatic N) is 2. The van der Waals surface area contributed by atoms with Crippen LogP contribution in [0.2, 0.25) is 5.02 Å². The lowest BCUT2D eigenvalue weighted by Crippen LogP contribution is -2.46. The number of para-hydroxylation sites is 2. The molecule has 2 aromatic rings. The number of amides is 1. The lowest BCUT2D eigenvalue weighted by molar-refractivity contribution is -0.123. The van der Waals surface area contributed by atoms with Gasteiger partial charge in [-0.05, 0) is 43.2 Å². The highest BCUT2D eigenvalue weighted by Gasteiger charge is 2.36. The average molecular weight is 451 g/mol. The summed E-state index contributed by atoms with van der Waals surface area (Å²) >= 11 is 6.01. The summed E-state index contributed by atoms with van der Waals surface area (Å²) in [5, 5.41) is 0.324. The fraction of sp³-hybridized carbons (Fsp3) is 0.381. The molecular formula is C21H23ClN2O5S. The molecule has 2 heterocycles. The van der Waals surface area contributed by atoms with Crippen molar-refractivity contribution in [3.8, 4) is 11.5 Å². The lowest BCUT2D eigenvalue weighted by Gasteiger charge is -2.35. The lowest BCUT2D eigenvalue weighted by atomic mass is 9.96. The van der Waals surface area contributed by atoms with Gasteiger partial charge in [0.1, 0.15) is 23.0 Å². The first-order chi connectivity index (χ1) is 14.4. The van der Waals surface area contributed by atoms with Crippen LogP contribution in [0.3, 0.4) is 0 Å². The monoisotopic (exact) mass is 450 g/mol. The van der Waals surface area contributed by atoms with Crippen molar-refractivity contribution in [3.63, 3.8) is 0 Å². The first-order valence-corrected chi connectivity index (χ1v) is 11.6. The van der Waals surface area contributed by atoms with Crippen LogP contribution >= 0.6 is 11.6 Å². The van der Waals surface area contributed by atoms with Crippen LogP contribution in [-0.2, 0) is 14.8 Å². The summed E-state index contributed by atoms with van der Waals surface area (Å²) in [6.45, 7) is 1.47. The van der Waals surface area contributed by atoms with E-state index in [1.807, 2.05) is 24.3 Å². The van der Waals surface area contributed by atoms with Crippen molar-refractivity contribution >= 4 is 33.2 Å². The number of ether oxygens (including phenoxy) is 2. The highest BCUT2D eigenvalue weighted by Crippen LogP contribution is 2.35. The van der Waals surface area contributed by atoms with Crippen LogP contribution < -0.4 is 14.4 Å². The number of hydrogen-bond donors (Lipinski definition) is 0. The van der Waals surface area contributed by atoms with Crippen LogP contribution in [0.25, 0.3) is 0 Å². The molecule has 7 nitrogen and oxygen atoms in total. The van der Waals surface area contributed by atoms with E-state index in [2.05, 4.69) is 0 Å². The van der Waals surface area contributed by atoms with Gasteiger partial charge in [-0.1, -0.05) is 23.7 Å². The second kappa shape index (κ2) is 8.45. The first-order valence-electron chi connectivity index (χ1n) is 9.78. The molecule has 0 aliphatic carbocycles. The van der Waals surface area contributed by atoms with Gasteiger partial charge in [0.05, 0.1) is 19.3 Å². The number of rotatable bonds is 4. The van der Waals surface area contributed by atoms with Crippen molar-refractivity contribution in [2.45, 2.75) is 17.7 Å². The van der Waals surface area contributed by atoms with Gasteiger partial charge < -0.3 is 14.4 Å². The van der Waals surface area contributed by atoms with Crippen LogP contribution in [-0.4, -0.2) is 52.0 Å². The molecule has 0 atom stereocenters. The Kier molecular flexibility index (Phi) is 5.90. The number of carbonyl (C=O) groups excluding carboxylic acids is 1. The minimum atomic E-state index is -3.77. The third-order valence-corrected chi connectivity index (χ3v) is 7.70. The quantitative estimate of drug-likeness (QED) is 0.715. The van der Waals surface area contributed by atoms with Crippen LogP contribution in [0.4, 0.5) is 5.69 Å². The number of hydrogen-bond acceptors (Lipinski definition) is 5. The molecule has 1 amide bonds. The van der Waals surface area contributed by atoms with E-state index in [-0.39, 0.29) is 35.6 Å². The molecule has 0 aromatic heterocycles.